The Bertz CT molecular complexity index is 486. The minimum Gasteiger partial charge on any atom is -0.478 e. The predicted octanol–water partition coefficient (Wildman–Crippen LogP) is 5.50. The molecule has 2 nitrogen and oxygen atoms in total. The second-order valence-electron chi connectivity index (χ2n) is 4.56. The zero-order valence-corrected chi connectivity index (χ0v) is 13.4. The van der Waals surface area contributed by atoms with Crippen LogP contribution in [0.25, 0.3) is 6.08 Å². The van der Waals surface area contributed by atoms with E-state index in [2.05, 4.69) is 13.8 Å². The van der Waals surface area contributed by atoms with E-state index in [0.717, 1.165) is 11.1 Å². The topological polar surface area (TPSA) is 37.3 Å². The highest BCUT2D eigenvalue weighted by molar-refractivity contribution is 6.30. The highest BCUT2D eigenvalue weighted by atomic mass is 35.5. The van der Waals surface area contributed by atoms with Crippen LogP contribution in [0.3, 0.4) is 0 Å². The summed E-state index contributed by atoms with van der Waals surface area (Å²) in [5, 5.41) is 9.25. The largest absolute Gasteiger partial charge is 0.478 e. The van der Waals surface area contributed by atoms with Gasteiger partial charge in [0.05, 0.1) is 0 Å². The van der Waals surface area contributed by atoms with Gasteiger partial charge in [0.15, 0.2) is 0 Å². The van der Waals surface area contributed by atoms with E-state index in [-0.39, 0.29) is 0 Å². The minimum absolute atomic E-state index is 0.696. The molecule has 0 atom stereocenters. The molecule has 0 spiro atoms. The van der Waals surface area contributed by atoms with Crippen molar-refractivity contribution in [1.29, 1.82) is 0 Å². The lowest BCUT2D eigenvalue weighted by atomic mass is 10.1. The van der Waals surface area contributed by atoms with Crippen molar-refractivity contribution >= 4 is 23.6 Å². The first-order chi connectivity index (χ1) is 9.40. The number of hydrogen-bond acceptors (Lipinski definition) is 1. The van der Waals surface area contributed by atoms with Gasteiger partial charge in [0.25, 0.3) is 0 Å². The molecule has 1 aromatic rings. The number of carbonyl (C=O) groups is 1. The van der Waals surface area contributed by atoms with Gasteiger partial charge in [-0.1, -0.05) is 56.5 Å². The van der Waals surface area contributed by atoms with Crippen molar-refractivity contribution < 1.29 is 9.90 Å². The second-order valence-corrected chi connectivity index (χ2v) is 5.00. The maximum atomic E-state index is 10.4. The maximum absolute atomic E-state index is 10.4. The van der Waals surface area contributed by atoms with E-state index in [1.807, 2.05) is 31.2 Å². The molecule has 0 aliphatic rings. The molecule has 0 heterocycles. The van der Waals surface area contributed by atoms with Crippen LogP contribution in [0.2, 0.25) is 5.02 Å². The molecule has 0 amide bonds. The third kappa shape index (κ3) is 8.54. The van der Waals surface area contributed by atoms with Gasteiger partial charge in [-0.05, 0) is 42.7 Å². The molecule has 1 N–H and O–H groups in total. The number of unbranched alkanes of at least 4 members (excludes halogenated alkanes) is 1. The number of carboxylic acids is 1. The summed E-state index contributed by atoms with van der Waals surface area (Å²) in [6.07, 6.45) is 7.45. The molecule has 0 bridgehead atoms. The number of halogens is 1. The van der Waals surface area contributed by atoms with E-state index in [1.165, 1.54) is 18.9 Å². The first kappa shape index (κ1) is 18.5. The first-order valence-corrected chi connectivity index (χ1v) is 7.13. The van der Waals surface area contributed by atoms with Gasteiger partial charge >= 0.3 is 5.97 Å². The van der Waals surface area contributed by atoms with Crippen LogP contribution < -0.4 is 0 Å². The number of hydrogen-bond donors (Lipinski definition) is 1. The quantitative estimate of drug-likeness (QED) is 0.588. The molecular weight excluding hydrogens is 272 g/mol. The van der Waals surface area contributed by atoms with E-state index >= 15 is 0 Å². The van der Waals surface area contributed by atoms with E-state index < -0.39 is 5.97 Å². The Morgan fingerprint density at radius 2 is 1.90 bits per heavy atom. The van der Waals surface area contributed by atoms with Gasteiger partial charge in [0.1, 0.15) is 0 Å². The van der Waals surface area contributed by atoms with Crippen molar-refractivity contribution in [2.45, 2.75) is 40.5 Å². The summed E-state index contributed by atoms with van der Waals surface area (Å²) in [5.41, 5.74) is 2.79. The maximum Gasteiger partial charge on any atom is 0.328 e. The van der Waals surface area contributed by atoms with Crippen LogP contribution in [0.1, 0.15) is 44.7 Å². The molecule has 1 rings (SSSR count). The molecule has 110 valence electrons. The number of rotatable bonds is 4. The molecule has 0 aliphatic heterocycles. The van der Waals surface area contributed by atoms with Gasteiger partial charge in [0, 0.05) is 11.1 Å². The summed E-state index contributed by atoms with van der Waals surface area (Å²) in [6, 6.07) is 5.59. The number of allylic oxidation sites excluding steroid dienone is 2. The van der Waals surface area contributed by atoms with Crippen LogP contribution >= 0.6 is 11.6 Å². The minimum atomic E-state index is -0.935. The number of carboxylic acid groups (broad SMARTS) is 1. The second kappa shape index (κ2) is 10.3. The third-order valence-corrected chi connectivity index (χ3v) is 2.84. The zero-order valence-electron chi connectivity index (χ0n) is 12.6. The van der Waals surface area contributed by atoms with Crippen molar-refractivity contribution in [3.8, 4) is 0 Å². The molecule has 0 saturated heterocycles. The predicted molar refractivity (Wildman–Crippen MR) is 87.2 cm³/mol. The summed E-state index contributed by atoms with van der Waals surface area (Å²) < 4.78 is 0. The lowest BCUT2D eigenvalue weighted by Gasteiger charge is -2.00. The van der Waals surface area contributed by atoms with Crippen LogP contribution in [0.4, 0.5) is 0 Å². The Hall–Kier alpha value is -1.54. The molecule has 0 saturated carbocycles. The van der Waals surface area contributed by atoms with Crippen LogP contribution in [0, 0.1) is 6.92 Å². The smallest absolute Gasteiger partial charge is 0.328 e. The zero-order chi connectivity index (χ0) is 15.5. The van der Waals surface area contributed by atoms with Crippen molar-refractivity contribution in [2.24, 2.45) is 0 Å². The van der Waals surface area contributed by atoms with Crippen LogP contribution in [0.15, 0.2) is 35.9 Å². The van der Waals surface area contributed by atoms with Crippen LogP contribution in [-0.2, 0) is 4.79 Å². The van der Waals surface area contributed by atoms with E-state index in [4.69, 9.17) is 16.7 Å². The Kier molecular flexibility index (Phi) is 9.48. The molecule has 3 heteroatoms. The number of aliphatic carboxylic acids is 1. The molecule has 20 heavy (non-hydrogen) atoms. The summed E-state index contributed by atoms with van der Waals surface area (Å²) in [4.78, 5) is 10.4. The molecule has 0 fully saturated rings. The lowest BCUT2D eigenvalue weighted by Crippen LogP contribution is -1.88. The van der Waals surface area contributed by atoms with Gasteiger partial charge in [-0.15, -0.1) is 0 Å². The monoisotopic (exact) mass is 294 g/mol. The molecule has 0 radical (unpaired) electrons. The van der Waals surface area contributed by atoms with E-state index in [1.54, 1.807) is 13.0 Å². The normalized spacial score (nSPS) is 11.2. The summed E-state index contributed by atoms with van der Waals surface area (Å²) in [5.74, 6) is -0.935. The van der Waals surface area contributed by atoms with Crippen molar-refractivity contribution in [2.75, 3.05) is 0 Å². The van der Waals surface area contributed by atoms with Gasteiger partial charge in [0.2, 0.25) is 0 Å². The first-order valence-electron chi connectivity index (χ1n) is 6.76. The van der Waals surface area contributed by atoms with Crippen molar-refractivity contribution in [3.63, 3.8) is 0 Å². The van der Waals surface area contributed by atoms with Crippen molar-refractivity contribution in [3.05, 3.63) is 52.1 Å². The average Bonchev–Trinajstić information content (AvgIpc) is 2.37. The molecule has 0 aliphatic carbocycles. The standard InChI is InChI=1S/C13H13ClO2.C4H10/c1-9(7-13(15)16)3-4-11-5-6-12(14)8-10(11)2;1-3-4-2/h3-8H,1-2H3,(H,15,16);3-4H2,1-2H3/b4-3+,9-7+;. The highest BCUT2D eigenvalue weighted by Gasteiger charge is 1.95. The van der Waals surface area contributed by atoms with Gasteiger partial charge in [-0.2, -0.15) is 0 Å². The third-order valence-electron chi connectivity index (χ3n) is 2.61. The molecule has 0 aromatic heterocycles. The molecule has 1 aromatic carbocycles. The SMILES string of the molecule is CC(/C=C/c1ccc(Cl)cc1C)=C\C(=O)O.CCCC. The molecule has 0 unspecified atom stereocenters. The number of benzene rings is 1. The van der Waals surface area contributed by atoms with Crippen LogP contribution in [-0.4, -0.2) is 11.1 Å². The van der Waals surface area contributed by atoms with Crippen molar-refractivity contribution in [1.82, 2.24) is 0 Å². The number of aryl methyl sites for hydroxylation is 1. The summed E-state index contributed by atoms with van der Waals surface area (Å²) in [6.45, 7) is 8.07. The fraction of sp³-hybridized carbons (Fsp3) is 0.353. The molecular formula is C17H23ClO2. The van der Waals surface area contributed by atoms with E-state index in [0.29, 0.717) is 10.6 Å². The fourth-order valence-corrected chi connectivity index (χ4v) is 1.52. The summed E-state index contributed by atoms with van der Waals surface area (Å²) in [7, 11) is 0. The van der Waals surface area contributed by atoms with Gasteiger partial charge < -0.3 is 5.11 Å². The Balaban J connectivity index is 0.000000796. The Morgan fingerprint density at radius 3 is 2.35 bits per heavy atom. The Morgan fingerprint density at radius 1 is 1.30 bits per heavy atom. The lowest BCUT2D eigenvalue weighted by molar-refractivity contribution is -0.131. The average molecular weight is 295 g/mol. The van der Waals surface area contributed by atoms with Gasteiger partial charge in [-0.3, -0.25) is 0 Å². The van der Waals surface area contributed by atoms with E-state index in [9.17, 15) is 4.79 Å². The van der Waals surface area contributed by atoms with Gasteiger partial charge in [-0.25, -0.2) is 4.79 Å². The fourth-order valence-electron chi connectivity index (χ4n) is 1.29. The highest BCUT2D eigenvalue weighted by Crippen LogP contribution is 2.16. The summed E-state index contributed by atoms with van der Waals surface area (Å²) >= 11 is 5.84. The van der Waals surface area contributed by atoms with Crippen LogP contribution in [0.5, 0.6) is 0 Å². The Labute approximate surface area is 126 Å².